The summed E-state index contributed by atoms with van der Waals surface area (Å²) < 4.78 is 10.6. The summed E-state index contributed by atoms with van der Waals surface area (Å²) in [4.78, 5) is 0. The van der Waals surface area contributed by atoms with Crippen LogP contribution in [0.5, 0.6) is 11.5 Å². The summed E-state index contributed by atoms with van der Waals surface area (Å²) in [5.41, 5.74) is 2.63. The molecule has 3 heteroatoms. The molecule has 3 aromatic carbocycles. The third-order valence-corrected chi connectivity index (χ3v) is 4.28. The van der Waals surface area contributed by atoms with Crippen molar-refractivity contribution in [1.29, 1.82) is 0 Å². The van der Waals surface area contributed by atoms with E-state index in [0.29, 0.717) is 0 Å². The normalized spacial score (nSPS) is 10.8. The van der Waals surface area contributed by atoms with Gasteiger partial charge >= 0.3 is 0 Å². The van der Waals surface area contributed by atoms with Crippen LogP contribution in [0.1, 0.15) is 11.1 Å². The molecule has 0 aliphatic carbocycles. The van der Waals surface area contributed by atoms with Crippen molar-refractivity contribution in [2.75, 3.05) is 20.8 Å². The van der Waals surface area contributed by atoms with Crippen molar-refractivity contribution in [1.82, 2.24) is 0 Å². The van der Waals surface area contributed by atoms with Gasteiger partial charge in [-0.1, -0.05) is 42.5 Å². The standard InChI is InChI=1S/C21H23NO2/c1-23-20-10-8-16(14-21(20)24-2)11-12-22-15-17-7-9-18-5-3-4-6-19(18)13-17/h3-10,13-14,22H,11-12,15H2,1-2H3/p+1. The number of hydrogen-bond acceptors (Lipinski definition) is 2. The average molecular weight is 322 g/mol. The van der Waals surface area contributed by atoms with Crippen molar-refractivity contribution in [3.63, 3.8) is 0 Å². The maximum Gasteiger partial charge on any atom is 0.160 e. The van der Waals surface area contributed by atoms with Crippen LogP contribution in [0.2, 0.25) is 0 Å². The van der Waals surface area contributed by atoms with Gasteiger partial charge in [0.25, 0.3) is 0 Å². The number of nitrogens with two attached hydrogens (primary N) is 1. The first kappa shape index (κ1) is 16.3. The van der Waals surface area contributed by atoms with Gasteiger partial charge in [0.1, 0.15) is 6.54 Å². The molecule has 2 N–H and O–H groups in total. The zero-order valence-corrected chi connectivity index (χ0v) is 14.3. The summed E-state index contributed by atoms with van der Waals surface area (Å²) in [6.45, 7) is 2.04. The van der Waals surface area contributed by atoms with Gasteiger partial charge in [-0.3, -0.25) is 0 Å². The van der Waals surface area contributed by atoms with Gasteiger partial charge in [-0.05, 0) is 34.5 Å². The highest BCUT2D eigenvalue weighted by atomic mass is 16.5. The van der Waals surface area contributed by atoms with Crippen LogP contribution in [0.3, 0.4) is 0 Å². The predicted molar refractivity (Wildman–Crippen MR) is 97.7 cm³/mol. The first-order valence-corrected chi connectivity index (χ1v) is 8.30. The van der Waals surface area contributed by atoms with E-state index in [-0.39, 0.29) is 0 Å². The number of ether oxygens (including phenoxy) is 2. The van der Waals surface area contributed by atoms with Gasteiger partial charge in [0.15, 0.2) is 11.5 Å². The number of methoxy groups -OCH3 is 2. The second-order valence-electron chi connectivity index (χ2n) is 5.90. The van der Waals surface area contributed by atoms with E-state index in [9.17, 15) is 0 Å². The second kappa shape index (κ2) is 7.84. The Hall–Kier alpha value is -2.52. The SMILES string of the molecule is COc1ccc(CC[NH2+]Cc2ccc3ccccc3c2)cc1OC. The van der Waals surface area contributed by atoms with Crippen LogP contribution in [-0.4, -0.2) is 20.8 Å². The summed E-state index contributed by atoms with van der Waals surface area (Å²) in [6.07, 6.45) is 1.01. The molecule has 0 saturated carbocycles. The summed E-state index contributed by atoms with van der Waals surface area (Å²) in [5, 5.41) is 4.95. The molecule has 0 saturated heterocycles. The van der Waals surface area contributed by atoms with Crippen molar-refractivity contribution in [2.24, 2.45) is 0 Å². The van der Waals surface area contributed by atoms with Gasteiger partial charge < -0.3 is 14.8 Å². The third-order valence-electron chi connectivity index (χ3n) is 4.28. The zero-order valence-electron chi connectivity index (χ0n) is 14.3. The Morgan fingerprint density at radius 2 is 1.50 bits per heavy atom. The lowest BCUT2D eigenvalue weighted by atomic mass is 10.1. The molecule has 0 aliphatic heterocycles. The van der Waals surface area contributed by atoms with Crippen LogP contribution in [0.25, 0.3) is 10.8 Å². The third kappa shape index (κ3) is 3.87. The largest absolute Gasteiger partial charge is 0.493 e. The highest BCUT2D eigenvalue weighted by Crippen LogP contribution is 2.27. The van der Waals surface area contributed by atoms with Crippen LogP contribution in [0.4, 0.5) is 0 Å². The summed E-state index contributed by atoms with van der Waals surface area (Å²) in [6, 6.07) is 21.3. The molecule has 3 aromatic rings. The van der Waals surface area contributed by atoms with Crippen molar-refractivity contribution >= 4 is 10.8 Å². The Morgan fingerprint density at radius 3 is 2.29 bits per heavy atom. The number of rotatable bonds is 7. The van der Waals surface area contributed by atoms with E-state index in [4.69, 9.17) is 9.47 Å². The predicted octanol–water partition coefficient (Wildman–Crippen LogP) is 3.16. The second-order valence-corrected chi connectivity index (χ2v) is 5.90. The smallest absolute Gasteiger partial charge is 0.160 e. The van der Waals surface area contributed by atoms with Crippen LogP contribution >= 0.6 is 0 Å². The van der Waals surface area contributed by atoms with Gasteiger partial charge in [0.05, 0.1) is 20.8 Å². The van der Waals surface area contributed by atoms with Gasteiger partial charge in [0, 0.05) is 12.0 Å². The molecule has 0 radical (unpaired) electrons. The molecule has 0 heterocycles. The number of fused-ring (bicyclic) bond motifs is 1. The maximum atomic E-state index is 5.36. The van der Waals surface area contributed by atoms with E-state index in [1.54, 1.807) is 14.2 Å². The molecule has 0 aliphatic rings. The number of quaternary nitrogens is 1. The van der Waals surface area contributed by atoms with E-state index in [2.05, 4.69) is 59.9 Å². The topological polar surface area (TPSA) is 35.1 Å². The lowest BCUT2D eigenvalue weighted by Crippen LogP contribution is -2.83. The molecule has 0 atom stereocenters. The molecule has 124 valence electrons. The minimum Gasteiger partial charge on any atom is -0.493 e. The van der Waals surface area contributed by atoms with E-state index in [1.807, 2.05) is 6.07 Å². The zero-order chi connectivity index (χ0) is 16.8. The molecule has 0 unspecified atom stereocenters. The van der Waals surface area contributed by atoms with Crippen molar-refractivity contribution < 1.29 is 14.8 Å². The fourth-order valence-electron chi connectivity index (χ4n) is 2.94. The summed E-state index contributed by atoms with van der Waals surface area (Å²) in [5.74, 6) is 1.57. The van der Waals surface area contributed by atoms with Crippen LogP contribution in [-0.2, 0) is 13.0 Å². The lowest BCUT2D eigenvalue weighted by molar-refractivity contribution is -0.670. The Labute approximate surface area is 143 Å². The first-order valence-electron chi connectivity index (χ1n) is 8.30. The Kier molecular flexibility index (Phi) is 5.34. The van der Waals surface area contributed by atoms with Crippen LogP contribution < -0.4 is 14.8 Å². The van der Waals surface area contributed by atoms with Crippen molar-refractivity contribution in [3.05, 3.63) is 71.8 Å². The quantitative estimate of drug-likeness (QED) is 0.678. The molecule has 0 aromatic heterocycles. The van der Waals surface area contributed by atoms with E-state index in [1.165, 1.54) is 21.9 Å². The summed E-state index contributed by atoms with van der Waals surface area (Å²) >= 11 is 0. The fraction of sp³-hybridized carbons (Fsp3) is 0.238. The minimum absolute atomic E-state index is 0.779. The van der Waals surface area contributed by atoms with E-state index in [0.717, 1.165) is 31.0 Å². The van der Waals surface area contributed by atoms with Gasteiger partial charge in [-0.25, -0.2) is 0 Å². The van der Waals surface area contributed by atoms with Gasteiger partial charge in [0.2, 0.25) is 0 Å². The van der Waals surface area contributed by atoms with Gasteiger partial charge in [-0.2, -0.15) is 0 Å². The number of benzene rings is 3. The fourth-order valence-corrected chi connectivity index (χ4v) is 2.94. The average Bonchev–Trinajstić information content (AvgIpc) is 2.65. The van der Waals surface area contributed by atoms with Crippen LogP contribution in [0.15, 0.2) is 60.7 Å². The van der Waals surface area contributed by atoms with E-state index >= 15 is 0 Å². The molecule has 24 heavy (non-hydrogen) atoms. The maximum absolute atomic E-state index is 5.36. The highest BCUT2D eigenvalue weighted by Gasteiger charge is 2.05. The molecular formula is C21H24NO2+. The monoisotopic (exact) mass is 322 g/mol. The minimum atomic E-state index is 0.779. The Bertz CT molecular complexity index is 814. The highest BCUT2D eigenvalue weighted by molar-refractivity contribution is 5.82. The molecular weight excluding hydrogens is 298 g/mol. The molecule has 0 fully saturated rings. The number of hydrogen-bond donors (Lipinski definition) is 1. The van der Waals surface area contributed by atoms with E-state index < -0.39 is 0 Å². The van der Waals surface area contributed by atoms with Crippen LogP contribution in [0, 0.1) is 0 Å². The molecule has 3 rings (SSSR count). The molecule has 0 amide bonds. The lowest BCUT2D eigenvalue weighted by Gasteiger charge is -2.09. The first-order chi connectivity index (χ1) is 11.8. The van der Waals surface area contributed by atoms with Gasteiger partial charge in [-0.15, -0.1) is 0 Å². The molecule has 3 nitrogen and oxygen atoms in total. The van der Waals surface area contributed by atoms with Crippen molar-refractivity contribution in [2.45, 2.75) is 13.0 Å². The summed E-state index contributed by atoms with van der Waals surface area (Å²) in [7, 11) is 3.34. The molecule has 0 spiro atoms. The molecule has 0 bridgehead atoms. The Morgan fingerprint density at radius 1 is 0.750 bits per heavy atom. The Balaban J connectivity index is 1.54. The van der Waals surface area contributed by atoms with Crippen molar-refractivity contribution in [3.8, 4) is 11.5 Å².